The lowest BCUT2D eigenvalue weighted by atomic mass is 10.2. The number of carbonyl (C=O) groups is 3. The summed E-state index contributed by atoms with van der Waals surface area (Å²) < 4.78 is 0. The molecule has 1 fully saturated rings. The zero-order chi connectivity index (χ0) is 19.2. The fraction of sp³-hybridized carbons (Fsp3) is 0.333. The highest BCUT2D eigenvalue weighted by atomic mass is 32.1. The Kier molecular flexibility index (Phi) is 6.02. The SMILES string of the molecule is NC(=O)c1ccc(NC(=O)Cc2csc(NC(=O)NC3CCCC3)n2)cc1. The Labute approximate surface area is 160 Å². The summed E-state index contributed by atoms with van der Waals surface area (Å²) >= 11 is 1.27. The van der Waals surface area contributed by atoms with Crippen molar-refractivity contribution in [3.05, 3.63) is 40.9 Å². The molecule has 0 spiro atoms. The van der Waals surface area contributed by atoms with Crippen LogP contribution in [0.3, 0.4) is 0 Å². The zero-order valence-electron chi connectivity index (χ0n) is 14.7. The van der Waals surface area contributed by atoms with E-state index < -0.39 is 5.91 Å². The summed E-state index contributed by atoms with van der Waals surface area (Å²) in [5.74, 6) is -0.763. The third-order valence-electron chi connectivity index (χ3n) is 4.26. The molecule has 0 bridgehead atoms. The highest BCUT2D eigenvalue weighted by Crippen LogP contribution is 2.19. The Hall–Kier alpha value is -2.94. The van der Waals surface area contributed by atoms with Crippen LogP contribution < -0.4 is 21.7 Å². The second-order valence-electron chi connectivity index (χ2n) is 6.39. The first-order chi connectivity index (χ1) is 13.0. The number of hydrogen-bond acceptors (Lipinski definition) is 5. The van der Waals surface area contributed by atoms with E-state index in [1.165, 1.54) is 11.3 Å². The quantitative estimate of drug-likeness (QED) is 0.607. The molecule has 9 heteroatoms. The van der Waals surface area contributed by atoms with Gasteiger partial charge in [0.05, 0.1) is 12.1 Å². The molecule has 1 aromatic heterocycles. The van der Waals surface area contributed by atoms with Gasteiger partial charge in [0.15, 0.2) is 5.13 Å². The molecule has 0 atom stereocenters. The Bertz CT molecular complexity index is 828. The average Bonchev–Trinajstić information content (AvgIpc) is 3.27. The number of primary amides is 1. The van der Waals surface area contributed by atoms with Gasteiger partial charge in [-0.15, -0.1) is 11.3 Å². The maximum Gasteiger partial charge on any atom is 0.321 e. The van der Waals surface area contributed by atoms with Crippen LogP contribution in [-0.2, 0) is 11.2 Å². The van der Waals surface area contributed by atoms with Gasteiger partial charge in [0.2, 0.25) is 11.8 Å². The molecule has 8 nitrogen and oxygen atoms in total. The van der Waals surface area contributed by atoms with E-state index >= 15 is 0 Å². The number of hydrogen-bond donors (Lipinski definition) is 4. The van der Waals surface area contributed by atoms with Crippen molar-refractivity contribution in [2.24, 2.45) is 5.73 Å². The number of nitrogens with one attached hydrogen (secondary N) is 3. The van der Waals surface area contributed by atoms with E-state index in [1.54, 1.807) is 29.6 Å². The van der Waals surface area contributed by atoms with Crippen LogP contribution in [-0.4, -0.2) is 28.9 Å². The molecule has 1 aliphatic carbocycles. The van der Waals surface area contributed by atoms with Gasteiger partial charge in [0.25, 0.3) is 0 Å². The Morgan fingerprint density at radius 2 is 1.81 bits per heavy atom. The maximum atomic E-state index is 12.1. The summed E-state index contributed by atoms with van der Waals surface area (Å²) in [6.07, 6.45) is 4.40. The van der Waals surface area contributed by atoms with Crippen LogP contribution in [0, 0.1) is 0 Å². The van der Waals surface area contributed by atoms with Crippen molar-refractivity contribution in [1.82, 2.24) is 10.3 Å². The van der Waals surface area contributed by atoms with Gasteiger partial charge in [0.1, 0.15) is 0 Å². The van der Waals surface area contributed by atoms with Crippen molar-refractivity contribution in [3.8, 4) is 0 Å². The van der Waals surface area contributed by atoms with Gasteiger partial charge in [-0.1, -0.05) is 12.8 Å². The molecular formula is C18H21N5O3S. The lowest BCUT2D eigenvalue weighted by molar-refractivity contribution is -0.115. The van der Waals surface area contributed by atoms with E-state index in [0.717, 1.165) is 25.7 Å². The number of urea groups is 1. The fourth-order valence-electron chi connectivity index (χ4n) is 2.92. The van der Waals surface area contributed by atoms with Gasteiger partial charge in [-0.25, -0.2) is 9.78 Å². The predicted molar refractivity (Wildman–Crippen MR) is 104 cm³/mol. The topological polar surface area (TPSA) is 126 Å². The van der Waals surface area contributed by atoms with Crippen molar-refractivity contribution in [2.75, 3.05) is 10.6 Å². The molecule has 0 unspecified atom stereocenters. The molecule has 0 radical (unpaired) electrons. The Morgan fingerprint density at radius 3 is 2.48 bits per heavy atom. The number of anilines is 2. The summed E-state index contributed by atoms with van der Waals surface area (Å²) in [5, 5.41) is 10.6. The fourth-order valence-corrected chi connectivity index (χ4v) is 3.63. The summed E-state index contributed by atoms with van der Waals surface area (Å²) in [6.45, 7) is 0. The van der Waals surface area contributed by atoms with Crippen molar-refractivity contribution >= 4 is 40.0 Å². The molecule has 0 aliphatic heterocycles. The number of amides is 4. The number of carbonyl (C=O) groups excluding carboxylic acids is 3. The van der Waals surface area contributed by atoms with Crippen LogP contribution in [0.5, 0.6) is 0 Å². The highest BCUT2D eigenvalue weighted by molar-refractivity contribution is 7.13. The molecule has 1 saturated carbocycles. The standard InChI is InChI=1S/C18H21N5O3S/c19-16(25)11-5-7-13(8-6-11)20-15(24)9-14-10-27-18(22-14)23-17(26)21-12-3-1-2-4-12/h5-8,10,12H,1-4,9H2,(H2,19,25)(H,20,24)(H2,21,22,23,26). The monoisotopic (exact) mass is 387 g/mol. The van der Waals surface area contributed by atoms with Crippen molar-refractivity contribution in [1.29, 1.82) is 0 Å². The first kappa shape index (κ1) is 18.8. The van der Waals surface area contributed by atoms with Gasteiger partial charge >= 0.3 is 6.03 Å². The van der Waals surface area contributed by atoms with Crippen LogP contribution in [0.15, 0.2) is 29.6 Å². The molecule has 142 valence electrons. The summed E-state index contributed by atoms with van der Waals surface area (Å²) in [7, 11) is 0. The van der Waals surface area contributed by atoms with E-state index in [1.807, 2.05) is 0 Å². The number of nitrogens with zero attached hydrogens (tertiary/aromatic N) is 1. The van der Waals surface area contributed by atoms with Crippen molar-refractivity contribution < 1.29 is 14.4 Å². The minimum Gasteiger partial charge on any atom is -0.366 e. The van der Waals surface area contributed by atoms with Gasteiger partial charge in [-0.3, -0.25) is 14.9 Å². The molecule has 5 N–H and O–H groups in total. The molecule has 1 heterocycles. The van der Waals surface area contributed by atoms with Crippen LogP contribution in [0.25, 0.3) is 0 Å². The lowest BCUT2D eigenvalue weighted by Gasteiger charge is -2.11. The number of aromatic nitrogens is 1. The first-order valence-corrected chi connectivity index (χ1v) is 9.59. The van der Waals surface area contributed by atoms with E-state index in [-0.39, 0.29) is 24.4 Å². The Morgan fingerprint density at radius 1 is 1.11 bits per heavy atom. The number of benzene rings is 1. The lowest BCUT2D eigenvalue weighted by Crippen LogP contribution is -2.36. The number of nitrogens with two attached hydrogens (primary N) is 1. The normalized spacial score (nSPS) is 13.9. The van der Waals surface area contributed by atoms with Gasteiger partial charge in [-0.05, 0) is 37.1 Å². The minimum atomic E-state index is -0.521. The van der Waals surface area contributed by atoms with Crippen LogP contribution in [0.2, 0.25) is 0 Å². The van der Waals surface area contributed by atoms with Crippen molar-refractivity contribution in [2.45, 2.75) is 38.1 Å². The number of thiazole rings is 1. The predicted octanol–water partition coefficient (Wildman–Crippen LogP) is 2.49. The van der Waals surface area contributed by atoms with E-state index in [0.29, 0.717) is 22.1 Å². The van der Waals surface area contributed by atoms with Gasteiger partial charge in [-0.2, -0.15) is 0 Å². The van der Waals surface area contributed by atoms with Crippen LogP contribution in [0.4, 0.5) is 15.6 Å². The molecule has 1 aliphatic rings. The van der Waals surface area contributed by atoms with E-state index in [2.05, 4.69) is 20.9 Å². The van der Waals surface area contributed by atoms with Gasteiger partial charge in [0, 0.05) is 22.7 Å². The van der Waals surface area contributed by atoms with Crippen LogP contribution in [0.1, 0.15) is 41.7 Å². The van der Waals surface area contributed by atoms with Crippen LogP contribution >= 0.6 is 11.3 Å². The summed E-state index contributed by atoms with van der Waals surface area (Å²) in [6, 6.07) is 6.29. The maximum absolute atomic E-state index is 12.1. The van der Waals surface area contributed by atoms with Crippen molar-refractivity contribution in [3.63, 3.8) is 0 Å². The largest absolute Gasteiger partial charge is 0.366 e. The third-order valence-corrected chi connectivity index (χ3v) is 5.06. The minimum absolute atomic E-state index is 0.0833. The molecular weight excluding hydrogens is 366 g/mol. The molecule has 27 heavy (non-hydrogen) atoms. The second-order valence-corrected chi connectivity index (χ2v) is 7.25. The first-order valence-electron chi connectivity index (χ1n) is 8.71. The molecule has 3 rings (SSSR count). The summed E-state index contributed by atoms with van der Waals surface area (Å²) in [5.41, 5.74) is 6.69. The molecule has 1 aromatic carbocycles. The molecule has 2 aromatic rings. The average molecular weight is 387 g/mol. The van der Waals surface area contributed by atoms with E-state index in [4.69, 9.17) is 5.73 Å². The highest BCUT2D eigenvalue weighted by Gasteiger charge is 2.17. The second kappa shape index (κ2) is 8.63. The smallest absolute Gasteiger partial charge is 0.321 e. The van der Waals surface area contributed by atoms with E-state index in [9.17, 15) is 14.4 Å². The molecule has 0 saturated heterocycles. The zero-order valence-corrected chi connectivity index (χ0v) is 15.5. The molecule has 4 amide bonds. The third kappa shape index (κ3) is 5.52. The number of rotatable bonds is 6. The Balaban J connectivity index is 1.48. The van der Waals surface area contributed by atoms with Gasteiger partial charge < -0.3 is 16.4 Å². The summed E-state index contributed by atoms with van der Waals surface area (Å²) in [4.78, 5) is 39.4.